The van der Waals surface area contributed by atoms with Crippen LogP contribution in [0.5, 0.6) is 5.75 Å². The van der Waals surface area contributed by atoms with Gasteiger partial charge in [0.25, 0.3) is 0 Å². The molecule has 0 bridgehead atoms. The quantitative estimate of drug-likeness (QED) is 0.487. The number of hydrogen-bond acceptors (Lipinski definition) is 4. The van der Waals surface area contributed by atoms with Crippen LogP contribution in [-0.2, 0) is 6.54 Å². The second kappa shape index (κ2) is 6.33. The van der Waals surface area contributed by atoms with Gasteiger partial charge >= 0.3 is 5.69 Å². The van der Waals surface area contributed by atoms with E-state index in [1.807, 2.05) is 0 Å². The maximum atomic E-state index is 10.9. The third kappa shape index (κ3) is 5.09. The zero-order valence-electron chi connectivity index (χ0n) is 11.6. The molecule has 0 amide bonds. The Morgan fingerprint density at radius 1 is 1.47 bits per heavy atom. The van der Waals surface area contributed by atoms with E-state index in [1.54, 1.807) is 18.2 Å². The minimum absolute atomic E-state index is 0.0100. The summed E-state index contributed by atoms with van der Waals surface area (Å²) in [5.74, 6) is 0.276. The molecule has 19 heavy (non-hydrogen) atoms. The van der Waals surface area contributed by atoms with E-state index in [4.69, 9.17) is 4.74 Å². The van der Waals surface area contributed by atoms with E-state index < -0.39 is 4.92 Å². The average molecular weight is 264 g/mol. The van der Waals surface area contributed by atoms with Gasteiger partial charge in [-0.25, -0.2) is 0 Å². The minimum Gasteiger partial charge on any atom is -0.483 e. The highest BCUT2D eigenvalue weighted by molar-refractivity contribution is 5.48. The summed E-state index contributed by atoms with van der Waals surface area (Å²) < 4.78 is 5.33. The number of ether oxygens (including phenoxy) is 1. The Balaban J connectivity index is 2.90. The fourth-order valence-corrected chi connectivity index (χ4v) is 1.45. The number of nitrogens with zero attached hydrogens (tertiary/aromatic N) is 1. The van der Waals surface area contributed by atoms with E-state index in [2.05, 4.69) is 32.7 Å². The Bertz CT molecular complexity index is 464. The predicted molar refractivity (Wildman–Crippen MR) is 75.4 cm³/mol. The van der Waals surface area contributed by atoms with Crippen LogP contribution < -0.4 is 10.1 Å². The van der Waals surface area contributed by atoms with Crippen LogP contribution in [0.15, 0.2) is 30.9 Å². The Kier molecular flexibility index (Phi) is 5.06. The van der Waals surface area contributed by atoms with Crippen LogP contribution in [0.4, 0.5) is 5.69 Å². The van der Waals surface area contributed by atoms with E-state index in [1.165, 1.54) is 6.07 Å². The fourth-order valence-electron chi connectivity index (χ4n) is 1.45. The summed E-state index contributed by atoms with van der Waals surface area (Å²) in [6, 6.07) is 4.90. The van der Waals surface area contributed by atoms with Crippen LogP contribution in [0.25, 0.3) is 0 Å². The lowest BCUT2D eigenvalue weighted by atomic mass is 10.1. The molecule has 0 spiro atoms. The highest BCUT2D eigenvalue weighted by Gasteiger charge is 2.16. The molecule has 0 aliphatic carbocycles. The normalized spacial score (nSPS) is 11.1. The average Bonchev–Trinajstić information content (AvgIpc) is 2.32. The number of nitro benzene ring substituents is 1. The second-order valence-electron chi connectivity index (χ2n) is 5.26. The summed E-state index contributed by atoms with van der Waals surface area (Å²) in [5.41, 5.74) is 0.908. The van der Waals surface area contributed by atoms with Gasteiger partial charge in [0, 0.05) is 18.2 Å². The van der Waals surface area contributed by atoms with Crippen LogP contribution >= 0.6 is 0 Å². The molecule has 0 radical (unpaired) electrons. The molecule has 0 aliphatic rings. The van der Waals surface area contributed by atoms with Crippen molar-refractivity contribution in [3.05, 3.63) is 46.5 Å². The molecule has 0 saturated heterocycles. The molecule has 1 aromatic carbocycles. The topological polar surface area (TPSA) is 64.4 Å². The molecule has 1 N–H and O–H groups in total. The smallest absolute Gasteiger partial charge is 0.310 e. The third-order valence-electron chi connectivity index (χ3n) is 2.40. The molecule has 1 rings (SSSR count). The van der Waals surface area contributed by atoms with Crippen LogP contribution in [-0.4, -0.2) is 17.1 Å². The van der Waals surface area contributed by atoms with Crippen LogP contribution in [0.3, 0.4) is 0 Å². The molecular weight excluding hydrogens is 244 g/mol. The second-order valence-corrected chi connectivity index (χ2v) is 5.26. The maximum Gasteiger partial charge on any atom is 0.310 e. The van der Waals surface area contributed by atoms with E-state index in [0.717, 1.165) is 5.56 Å². The van der Waals surface area contributed by atoms with Gasteiger partial charge in [-0.3, -0.25) is 10.1 Å². The van der Waals surface area contributed by atoms with Crippen molar-refractivity contribution < 1.29 is 9.66 Å². The summed E-state index contributed by atoms with van der Waals surface area (Å²) in [7, 11) is 0. The van der Waals surface area contributed by atoms with Gasteiger partial charge < -0.3 is 10.1 Å². The van der Waals surface area contributed by atoms with Crippen LogP contribution in [0.1, 0.15) is 26.3 Å². The Morgan fingerprint density at radius 3 is 2.68 bits per heavy atom. The van der Waals surface area contributed by atoms with Gasteiger partial charge in [0.2, 0.25) is 0 Å². The van der Waals surface area contributed by atoms with E-state index in [0.29, 0.717) is 6.54 Å². The molecule has 5 heteroatoms. The molecule has 0 fully saturated rings. The first-order chi connectivity index (χ1) is 8.83. The summed E-state index contributed by atoms with van der Waals surface area (Å²) in [5, 5.41) is 14.2. The van der Waals surface area contributed by atoms with Crippen LogP contribution in [0, 0.1) is 10.1 Å². The summed E-state index contributed by atoms with van der Waals surface area (Å²) >= 11 is 0. The Hall–Kier alpha value is -1.88. The van der Waals surface area contributed by atoms with Crippen molar-refractivity contribution in [3.63, 3.8) is 0 Å². The largest absolute Gasteiger partial charge is 0.483 e. The van der Waals surface area contributed by atoms with Gasteiger partial charge in [-0.2, -0.15) is 0 Å². The number of nitro groups is 1. The predicted octanol–water partition coefficient (Wildman–Crippen LogP) is 3.05. The van der Waals surface area contributed by atoms with Gasteiger partial charge in [-0.1, -0.05) is 18.7 Å². The monoisotopic (exact) mass is 264 g/mol. The Labute approximate surface area is 113 Å². The molecule has 5 nitrogen and oxygen atoms in total. The molecule has 1 aromatic rings. The van der Waals surface area contributed by atoms with Gasteiger partial charge in [0.15, 0.2) is 5.75 Å². The van der Waals surface area contributed by atoms with Gasteiger partial charge in [-0.15, -0.1) is 0 Å². The standard InChI is InChI=1S/C14H20N2O3/c1-5-8-19-13-9-11(10-15-14(2,3)4)6-7-12(13)16(17)18/h5-7,9,15H,1,8,10H2,2-4H3. The van der Waals surface area contributed by atoms with E-state index >= 15 is 0 Å². The zero-order chi connectivity index (χ0) is 14.5. The van der Waals surface area contributed by atoms with Crippen molar-refractivity contribution in [2.45, 2.75) is 32.9 Å². The molecule has 104 valence electrons. The number of hydrogen-bond donors (Lipinski definition) is 1. The number of nitrogens with one attached hydrogen (secondary N) is 1. The molecule has 0 unspecified atom stereocenters. The Morgan fingerprint density at radius 2 is 2.16 bits per heavy atom. The molecule has 0 saturated carbocycles. The maximum absolute atomic E-state index is 10.9. The van der Waals surface area contributed by atoms with E-state index in [-0.39, 0.29) is 23.6 Å². The highest BCUT2D eigenvalue weighted by Crippen LogP contribution is 2.28. The highest BCUT2D eigenvalue weighted by atomic mass is 16.6. The third-order valence-corrected chi connectivity index (χ3v) is 2.40. The molecule has 0 atom stereocenters. The molecular formula is C14H20N2O3. The van der Waals surface area contributed by atoms with Gasteiger partial charge in [0.1, 0.15) is 6.61 Å². The van der Waals surface area contributed by atoms with Crippen molar-refractivity contribution in [2.75, 3.05) is 6.61 Å². The zero-order valence-corrected chi connectivity index (χ0v) is 11.6. The van der Waals surface area contributed by atoms with Crippen LogP contribution in [0.2, 0.25) is 0 Å². The lowest BCUT2D eigenvalue weighted by molar-refractivity contribution is -0.385. The summed E-state index contributed by atoms with van der Waals surface area (Å²) in [4.78, 5) is 10.5. The van der Waals surface area contributed by atoms with Crippen molar-refractivity contribution in [1.29, 1.82) is 0 Å². The first-order valence-corrected chi connectivity index (χ1v) is 6.09. The van der Waals surface area contributed by atoms with E-state index in [9.17, 15) is 10.1 Å². The van der Waals surface area contributed by atoms with Crippen molar-refractivity contribution in [2.24, 2.45) is 0 Å². The SMILES string of the molecule is C=CCOc1cc(CNC(C)(C)C)ccc1[N+](=O)[O-]. The minimum atomic E-state index is -0.445. The first kappa shape index (κ1) is 15.2. The van der Waals surface area contributed by atoms with Gasteiger partial charge in [0.05, 0.1) is 4.92 Å². The van der Waals surface area contributed by atoms with Crippen molar-refractivity contribution in [3.8, 4) is 5.75 Å². The molecule has 0 aliphatic heterocycles. The lowest BCUT2D eigenvalue weighted by Crippen LogP contribution is -2.35. The fraction of sp³-hybridized carbons (Fsp3) is 0.429. The molecule has 0 aromatic heterocycles. The van der Waals surface area contributed by atoms with Crippen molar-refractivity contribution >= 4 is 5.69 Å². The number of rotatable bonds is 6. The summed E-state index contributed by atoms with van der Waals surface area (Å²) in [6.45, 7) is 10.6. The molecule has 0 heterocycles. The van der Waals surface area contributed by atoms with Gasteiger partial charge in [-0.05, 0) is 32.4 Å². The van der Waals surface area contributed by atoms with Crippen molar-refractivity contribution in [1.82, 2.24) is 5.32 Å². The lowest BCUT2D eigenvalue weighted by Gasteiger charge is -2.20. The first-order valence-electron chi connectivity index (χ1n) is 6.09. The summed E-state index contributed by atoms with van der Waals surface area (Å²) in [6.07, 6.45) is 1.56. The number of benzene rings is 1.